The van der Waals surface area contributed by atoms with E-state index in [1.54, 1.807) is 0 Å². The number of carbonyl (C=O) groups is 1. The first-order valence-corrected chi connectivity index (χ1v) is 10.7. The largest absolute Gasteiger partial charge is 0.477 e. The predicted octanol–water partition coefficient (Wildman–Crippen LogP) is 4.79. The van der Waals surface area contributed by atoms with E-state index in [1.165, 1.54) is 12.3 Å². The number of hydrogen-bond acceptors (Lipinski definition) is 4. The van der Waals surface area contributed by atoms with Crippen molar-refractivity contribution in [3.63, 3.8) is 0 Å². The minimum Gasteiger partial charge on any atom is -0.477 e. The van der Waals surface area contributed by atoms with E-state index in [1.807, 2.05) is 35.8 Å². The Morgan fingerprint density at radius 3 is 2.44 bits per heavy atom. The first-order chi connectivity index (χ1) is 15.0. The number of benzene rings is 1. The first-order valence-electron chi connectivity index (χ1n) is 10.7. The molecule has 1 N–H and O–H groups in total. The van der Waals surface area contributed by atoms with Crippen LogP contribution in [0.25, 0.3) is 22.4 Å². The van der Waals surface area contributed by atoms with Crippen LogP contribution in [0.5, 0.6) is 0 Å². The van der Waals surface area contributed by atoms with Crippen LogP contribution in [0.2, 0.25) is 0 Å². The summed E-state index contributed by atoms with van der Waals surface area (Å²) in [4.78, 5) is 30.7. The minimum absolute atomic E-state index is 0.0218. The Morgan fingerprint density at radius 2 is 1.88 bits per heavy atom. The van der Waals surface area contributed by atoms with Crippen molar-refractivity contribution in [1.29, 1.82) is 0 Å². The molecule has 1 unspecified atom stereocenters. The van der Waals surface area contributed by atoms with Crippen LogP contribution in [0, 0.1) is 12.3 Å². The number of nitrogens with zero attached hydrogens (tertiary/aromatic N) is 3. The van der Waals surface area contributed by atoms with Crippen molar-refractivity contribution in [2.45, 2.75) is 40.2 Å². The van der Waals surface area contributed by atoms with Crippen LogP contribution in [-0.4, -0.2) is 34.7 Å². The van der Waals surface area contributed by atoms with E-state index >= 15 is 0 Å². The molecule has 0 bridgehead atoms. The number of carboxylic acid groups (broad SMARTS) is 1. The Kier molecular flexibility index (Phi) is 5.19. The van der Waals surface area contributed by atoms with Crippen molar-refractivity contribution in [1.82, 2.24) is 9.55 Å². The van der Waals surface area contributed by atoms with Gasteiger partial charge in [-0.1, -0.05) is 26.8 Å². The molecule has 6 nitrogen and oxygen atoms in total. The molecule has 2 aromatic heterocycles. The van der Waals surface area contributed by atoms with Gasteiger partial charge in [0.2, 0.25) is 0 Å². The molecule has 6 heteroatoms. The number of carboxylic acids is 1. The second-order valence-electron chi connectivity index (χ2n) is 9.86. The Balaban J connectivity index is 1.91. The van der Waals surface area contributed by atoms with Crippen LogP contribution in [-0.2, 0) is 6.42 Å². The van der Waals surface area contributed by atoms with Crippen molar-refractivity contribution in [3.8, 4) is 22.4 Å². The van der Waals surface area contributed by atoms with Gasteiger partial charge in [-0.3, -0.25) is 4.79 Å². The van der Waals surface area contributed by atoms with Crippen LogP contribution < -0.4 is 10.3 Å². The molecule has 0 spiro atoms. The van der Waals surface area contributed by atoms with E-state index in [0.29, 0.717) is 0 Å². The molecule has 1 aliphatic rings. The number of hydrogen-bond donors (Lipinski definition) is 1. The highest BCUT2D eigenvalue weighted by molar-refractivity contribution is 5.88. The third-order valence-corrected chi connectivity index (χ3v) is 6.30. The number of rotatable bonds is 3. The van der Waals surface area contributed by atoms with Gasteiger partial charge in [0.25, 0.3) is 0 Å². The Labute approximate surface area is 188 Å². The highest BCUT2D eigenvalue weighted by Crippen LogP contribution is 2.44. The van der Waals surface area contributed by atoms with Gasteiger partial charge < -0.3 is 14.6 Å². The molecule has 0 aliphatic carbocycles. The molecule has 166 valence electrons. The second kappa shape index (κ2) is 7.62. The number of fused-ring (bicyclic) bond motifs is 3. The maximum atomic E-state index is 12.6. The maximum absolute atomic E-state index is 12.6. The van der Waals surface area contributed by atoms with Crippen molar-refractivity contribution < 1.29 is 9.90 Å². The molecule has 0 fully saturated rings. The summed E-state index contributed by atoms with van der Waals surface area (Å²) in [6.07, 6.45) is 4.17. The van der Waals surface area contributed by atoms with E-state index in [-0.39, 0.29) is 17.0 Å². The zero-order chi connectivity index (χ0) is 23.4. The number of aromatic carboxylic acids is 1. The van der Waals surface area contributed by atoms with Gasteiger partial charge in [0.15, 0.2) is 5.43 Å². The topological polar surface area (TPSA) is 75.4 Å². The minimum atomic E-state index is -1.19. The average molecular weight is 432 g/mol. The Morgan fingerprint density at radius 1 is 1.16 bits per heavy atom. The van der Waals surface area contributed by atoms with Gasteiger partial charge in [-0.15, -0.1) is 0 Å². The van der Waals surface area contributed by atoms with Crippen LogP contribution >= 0.6 is 0 Å². The quantitative estimate of drug-likeness (QED) is 0.645. The van der Waals surface area contributed by atoms with Crippen LogP contribution in [0.3, 0.4) is 0 Å². The Hall–Kier alpha value is -3.41. The van der Waals surface area contributed by atoms with E-state index in [4.69, 9.17) is 0 Å². The van der Waals surface area contributed by atoms with E-state index in [9.17, 15) is 14.7 Å². The monoisotopic (exact) mass is 431 g/mol. The Bertz CT molecular complexity index is 1270. The smallest absolute Gasteiger partial charge is 0.341 e. The molecule has 0 amide bonds. The summed E-state index contributed by atoms with van der Waals surface area (Å²) < 4.78 is 1.99. The van der Waals surface area contributed by atoms with Crippen molar-refractivity contribution in [2.75, 3.05) is 19.0 Å². The number of pyridine rings is 2. The molecule has 3 aromatic rings. The SMILES string of the molecule is Cc1cc2c(cc1-c1ccc(N(C)C)nc1)CC(C(C)(C)C)n1cc(C(=O)O)c(=O)cc1-2. The van der Waals surface area contributed by atoms with Crippen molar-refractivity contribution >= 4 is 11.8 Å². The lowest BCUT2D eigenvalue weighted by Gasteiger charge is -2.39. The molecule has 4 rings (SSSR count). The van der Waals surface area contributed by atoms with Gasteiger partial charge in [-0.05, 0) is 53.6 Å². The average Bonchev–Trinajstić information content (AvgIpc) is 2.71. The number of aryl methyl sites for hydroxylation is 1. The summed E-state index contributed by atoms with van der Waals surface area (Å²) in [5.74, 6) is -0.288. The van der Waals surface area contributed by atoms with Crippen LogP contribution in [0.1, 0.15) is 48.3 Å². The molecule has 32 heavy (non-hydrogen) atoms. The van der Waals surface area contributed by atoms with Crippen LogP contribution in [0.4, 0.5) is 5.82 Å². The third kappa shape index (κ3) is 3.70. The zero-order valence-corrected chi connectivity index (χ0v) is 19.4. The summed E-state index contributed by atoms with van der Waals surface area (Å²) >= 11 is 0. The van der Waals surface area contributed by atoms with Crippen LogP contribution in [0.15, 0.2) is 47.5 Å². The first kappa shape index (κ1) is 21.8. The molecule has 1 aromatic carbocycles. The second-order valence-corrected chi connectivity index (χ2v) is 9.86. The van der Waals surface area contributed by atoms with Gasteiger partial charge >= 0.3 is 5.97 Å². The van der Waals surface area contributed by atoms with Crippen molar-refractivity contribution in [2.24, 2.45) is 5.41 Å². The predicted molar refractivity (Wildman–Crippen MR) is 128 cm³/mol. The molecule has 1 atom stereocenters. The van der Waals surface area contributed by atoms with Gasteiger partial charge in [0, 0.05) is 49.7 Å². The lowest BCUT2D eigenvalue weighted by atomic mass is 9.78. The standard InChI is InChI=1S/C26H29N3O3/c1-15-9-19-17(10-18(15)16-7-8-24(27-13-16)28(5)6)11-23(26(2,3)4)29-14-20(25(31)32)22(30)12-21(19)29/h7-10,12-14,23H,11H2,1-6H3,(H,31,32). The van der Waals surface area contributed by atoms with Crippen molar-refractivity contribution in [3.05, 3.63) is 69.6 Å². The third-order valence-electron chi connectivity index (χ3n) is 6.30. The van der Waals surface area contributed by atoms with Gasteiger partial charge in [0.1, 0.15) is 11.4 Å². The summed E-state index contributed by atoms with van der Waals surface area (Å²) in [7, 11) is 3.93. The summed E-state index contributed by atoms with van der Waals surface area (Å²) in [5, 5.41) is 9.49. The molecule has 1 aliphatic heterocycles. The fourth-order valence-corrected chi connectivity index (χ4v) is 4.50. The molecular weight excluding hydrogens is 402 g/mol. The lowest BCUT2D eigenvalue weighted by Crippen LogP contribution is -2.32. The summed E-state index contributed by atoms with van der Waals surface area (Å²) in [6.45, 7) is 8.48. The number of anilines is 1. The normalized spacial score (nSPS) is 15.1. The summed E-state index contributed by atoms with van der Waals surface area (Å²) in [6, 6.07) is 9.90. The lowest BCUT2D eigenvalue weighted by molar-refractivity contribution is 0.0693. The van der Waals surface area contributed by atoms with E-state index in [0.717, 1.165) is 45.7 Å². The maximum Gasteiger partial charge on any atom is 0.341 e. The van der Waals surface area contributed by atoms with Gasteiger partial charge in [-0.2, -0.15) is 0 Å². The molecular formula is C26H29N3O3. The highest BCUT2D eigenvalue weighted by Gasteiger charge is 2.33. The van der Waals surface area contributed by atoms with E-state index < -0.39 is 11.4 Å². The highest BCUT2D eigenvalue weighted by atomic mass is 16.4. The van der Waals surface area contributed by atoms with Gasteiger partial charge in [-0.25, -0.2) is 9.78 Å². The fourth-order valence-electron chi connectivity index (χ4n) is 4.50. The van der Waals surface area contributed by atoms with Gasteiger partial charge in [0.05, 0.1) is 5.69 Å². The number of aromatic nitrogens is 2. The molecule has 0 radical (unpaired) electrons. The fraction of sp³-hybridized carbons (Fsp3) is 0.346. The molecule has 0 saturated carbocycles. The zero-order valence-electron chi connectivity index (χ0n) is 19.4. The molecule has 0 saturated heterocycles. The summed E-state index contributed by atoms with van der Waals surface area (Å²) in [5.41, 5.74) is 5.39. The molecule has 3 heterocycles. The van der Waals surface area contributed by atoms with E-state index in [2.05, 4.69) is 50.9 Å².